The van der Waals surface area contributed by atoms with Gasteiger partial charge in [0, 0.05) is 5.56 Å². The van der Waals surface area contributed by atoms with E-state index in [0.717, 1.165) is 0 Å². The van der Waals surface area contributed by atoms with Crippen LogP contribution in [0.3, 0.4) is 0 Å². The highest BCUT2D eigenvalue weighted by atomic mass is 35.5. The number of rotatable bonds is 2. The van der Waals surface area contributed by atoms with Crippen molar-refractivity contribution in [1.29, 1.82) is 0 Å². The Morgan fingerprint density at radius 3 is 1.95 bits per heavy atom. The van der Waals surface area contributed by atoms with E-state index in [1.54, 1.807) is 0 Å². The molecule has 1 aromatic carbocycles. The van der Waals surface area contributed by atoms with E-state index in [2.05, 4.69) is 0 Å². The molecule has 0 aromatic heterocycles. The van der Waals surface area contributed by atoms with E-state index < -0.39 is 46.5 Å². The Morgan fingerprint density at radius 1 is 1.10 bits per heavy atom. The highest BCUT2D eigenvalue weighted by Crippen LogP contribution is 2.40. The minimum atomic E-state index is -5.31. The van der Waals surface area contributed by atoms with E-state index in [4.69, 9.17) is 22.4 Å². The molecule has 0 fully saturated rings. The predicted octanol–water partition coefficient (Wildman–Crippen LogP) is 3.84. The van der Waals surface area contributed by atoms with Crippen molar-refractivity contribution in [2.75, 3.05) is 0 Å². The lowest BCUT2D eigenvalue weighted by molar-refractivity contribution is -0.211. The van der Waals surface area contributed by atoms with Crippen molar-refractivity contribution in [1.82, 2.24) is 0 Å². The summed E-state index contributed by atoms with van der Waals surface area (Å²) in [5.41, 5.74) is 1.66. The summed E-state index contributed by atoms with van der Waals surface area (Å²) in [5.74, 6) is -1.75. The Balaban J connectivity index is 0.00000400. The van der Waals surface area contributed by atoms with Crippen molar-refractivity contribution < 1.29 is 35.8 Å². The molecule has 0 heterocycles. The maximum absolute atomic E-state index is 13.6. The number of halogens is 9. The monoisotopic (exact) mass is 361 g/mol. The van der Waals surface area contributed by atoms with Crippen LogP contribution in [0.5, 0.6) is 0 Å². The zero-order valence-electron chi connectivity index (χ0n) is 9.77. The first-order valence-corrected chi connectivity index (χ1v) is 5.30. The molecular weight excluding hydrogens is 354 g/mol. The van der Waals surface area contributed by atoms with Gasteiger partial charge in [-0.15, -0.1) is 12.4 Å². The van der Waals surface area contributed by atoms with Crippen molar-refractivity contribution in [3.8, 4) is 0 Å². The van der Waals surface area contributed by atoms with Gasteiger partial charge in [0.05, 0.1) is 16.6 Å². The molecule has 0 saturated carbocycles. The van der Waals surface area contributed by atoms with Gasteiger partial charge in [-0.1, -0.05) is 11.6 Å². The van der Waals surface area contributed by atoms with E-state index in [0.29, 0.717) is 12.1 Å². The molecule has 21 heavy (non-hydrogen) atoms. The van der Waals surface area contributed by atoms with Crippen molar-refractivity contribution in [3.63, 3.8) is 0 Å². The summed E-state index contributed by atoms with van der Waals surface area (Å²) in [6.07, 6.45) is -13.8. The van der Waals surface area contributed by atoms with Gasteiger partial charge in [-0.2, -0.15) is 26.3 Å². The largest absolute Gasteiger partial charge is 0.416 e. The van der Waals surface area contributed by atoms with Gasteiger partial charge in [0.2, 0.25) is 0 Å². The molecule has 1 rings (SSSR count). The number of benzene rings is 1. The molecule has 11 heteroatoms. The number of alkyl halides is 6. The Hall–Kier alpha value is -0.770. The van der Waals surface area contributed by atoms with Gasteiger partial charge in [-0.05, 0) is 12.1 Å². The normalized spacial score (nSPS) is 15.3. The maximum atomic E-state index is 13.6. The molecule has 2 atom stereocenters. The molecule has 1 aromatic rings. The lowest BCUT2D eigenvalue weighted by Gasteiger charge is -2.25. The second-order valence-electron chi connectivity index (χ2n) is 3.83. The van der Waals surface area contributed by atoms with Crippen LogP contribution in [0.25, 0.3) is 0 Å². The van der Waals surface area contributed by atoms with Gasteiger partial charge in [-0.3, -0.25) is 0 Å². The maximum Gasteiger partial charge on any atom is 0.416 e. The number of hydrogen-bond donors (Lipinski definition) is 2. The Labute approximate surface area is 125 Å². The van der Waals surface area contributed by atoms with Crippen LogP contribution in [0.1, 0.15) is 17.2 Å². The predicted molar refractivity (Wildman–Crippen MR) is 62.7 cm³/mol. The molecule has 122 valence electrons. The molecule has 0 aliphatic rings. The first-order valence-electron chi connectivity index (χ1n) is 4.92. The fraction of sp³-hybridized carbons (Fsp3) is 0.400. The Morgan fingerprint density at radius 2 is 1.57 bits per heavy atom. The first-order chi connectivity index (χ1) is 8.87. The molecule has 3 N–H and O–H groups in total. The Kier molecular flexibility index (Phi) is 6.31. The van der Waals surface area contributed by atoms with Crippen LogP contribution in [0.2, 0.25) is 5.02 Å². The third-order valence-electron chi connectivity index (χ3n) is 2.45. The fourth-order valence-electron chi connectivity index (χ4n) is 1.50. The zero-order valence-corrected chi connectivity index (χ0v) is 11.3. The van der Waals surface area contributed by atoms with E-state index in [-0.39, 0.29) is 12.4 Å². The topological polar surface area (TPSA) is 46.2 Å². The van der Waals surface area contributed by atoms with Crippen LogP contribution < -0.4 is 5.73 Å². The summed E-state index contributed by atoms with van der Waals surface area (Å²) in [7, 11) is 0. The summed E-state index contributed by atoms with van der Waals surface area (Å²) in [6, 6.07) is -1.83. The van der Waals surface area contributed by atoms with Crippen LogP contribution in [0.15, 0.2) is 12.1 Å². The van der Waals surface area contributed by atoms with Crippen molar-refractivity contribution >= 4 is 24.0 Å². The standard InChI is InChI=1S/C10H7ClF7NO.ClH/c11-4-2-1-3(9(13,14)15)5(6(4)12)7(19)8(20)10(16,17)18;/h1-2,7-8,20H,19H2;1H/t7-,8-;/m0./s1. The molecule has 2 nitrogen and oxygen atoms in total. The fourth-order valence-corrected chi connectivity index (χ4v) is 1.67. The molecule has 0 spiro atoms. The summed E-state index contributed by atoms with van der Waals surface area (Å²) in [5, 5.41) is 8.05. The quantitative estimate of drug-likeness (QED) is 0.786. The van der Waals surface area contributed by atoms with Gasteiger partial charge < -0.3 is 10.8 Å². The van der Waals surface area contributed by atoms with Crippen LogP contribution >= 0.6 is 24.0 Å². The second kappa shape index (κ2) is 6.55. The van der Waals surface area contributed by atoms with E-state index in [1.165, 1.54) is 0 Å². The van der Waals surface area contributed by atoms with Crippen molar-refractivity contribution in [2.24, 2.45) is 5.73 Å². The minimum absolute atomic E-state index is 0. The summed E-state index contributed by atoms with van der Waals surface area (Å²) >= 11 is 5.24. The van der Waals surface area contributed by atoms with E-state index >= 15 is 0 Å². The summed E-state index contributed by atoms with van der Waals surface area (Å²) in [6.45, 7) is 0. The second-order valence-corrected chi connectivity index (χ2v) is 4.24. The van der Waals surface area contributed by atoms with Gasteiger partial charge in [0.1, 0.15) is 5.82 Å². The average molecular weight is 362 g/mol. The molecule has 0 unspecified atom stereocenters. The number of hydrogen-bond acceptors (Lipinski definition) is 2. The van der Waals surface area contributed by atoms with E-state index in [1.807, 2.05) is 0 Å². The lowest BCUT2D eigenvalue weighted by atomic mass is 9.95. The molecule has 0 amide bonds. The third-order valence-corrected chi connectivity index (χ3v) is 2.74. The van der Waals surface area contributed by atoms with Crippen LogP contribution in [0, 0.1) is 5.82 Å². The highest BCUT2D eigenvalue weighted by Gasteiger charge is 2.46. The smallest absolute Gasteiger partial charge is 0.382 e. The zero-order chi connectivity index (χ0) is 15.9. The van der Waals surface area contributed by atoms with Gasteiger partial charge in [0.15, 0.2) is 6.10 Å². The van der Waals surface area contributed by atoms with Gasteiger partial charge in [-0.25, -0.2) is 4.39 Å². The summed E-state index contributed by atoms with van der Waals surface area (Å²) in [4.78, 5) is 0. The van der Waals surface area contributed by atoms with E-state index in [9.17, 15) is 30.7 Å². The van der Waals surface area contributed by atoms with Crippen LogP contribution in [-0.4, -0.2) is 17.4 Å². The molecule has 0 aliphatic heterocycles. The lowest BCUT2D eigenvalue weighted by Crippen LogP contribution is -2.40. The molecule has 0 saturated heterocycles. The molecule has 0 bridgehead atoms. The minimum Gasteiger partial charge on any atom is -0.382 e. The van der Waals surface area contributed by atoms with Gasteiger partial charge in [0.25, 0.3) is 0 Å². The third kappa shape index (κ3) is 4.35. The Bertz CT molecular complexity index is 503. The first kappa shape index (κ1) is 20.2. The van der Waals surface area contributed by atoms with Crippen LogP contribution in [-0.2, 0) is 6.18 Å². The number of nitrogens with two attached hydrogens (primary N) is 1. The highest BCUT2D eigenvalue weighted by molar-refractivity contribution is 6.30. The van der Waals surface area contributed by atoms with Gasteiger partial charge >= 0.3 is 12.4 Å². The molecule has 0 aliphatic carbocycles. The molecular formula is C10H8Cl2F7NO. The molecule has 0 radical (unpaired) electrons. The number of aliphatic hydroxyl groups is 1. The SMILES string of the molecule is Cl.N[C@@H](c1c(C(F)(F)F)ccc(Cl)c1F)[C@H](O)C(F)(F)F. The average Bonchev–Trinajstić information content (AvgIpc) is 2.27. The van der Waals surface area contributed by atoms with Crippen LogP contribution in [0.4, 0.5) is 30.7 Å². The summed E-state index contributed by atoms with van der Waals surface area (Å²) < 4.78 is 88.4. The van der Waals surface area contributed by atoms with Crippen molar-refractivity contribution in [2.45, 2.75) is 24.5 Å². The van der Waals surface area contributed by atoms with Crippen molar-refractivity contribution in [3.05, 3.63) is 34.1 Å². The number of aliphatic hydroxyl groups excluding tert-OH is 1.